The lowest BCUT2D eigenvalue weighted by molar-refractivity contribution is -0.138. The summed E-state index contributed by atoms with van der Waals surface area (Å²) < 4.78 is 4.92. The number of carboxylic acids is 1. The van der Waals surface area contributed by atoms with E-state index < -0.39 is 17.9 Å². The third-order valence-corrected chi connectivity index (χ3v) is 2.73. The topological polar surface area (TPSA) is 95.9 Å². The van der Waals surface area contributed by atoms with Crippen LogP contribution in [0.5, 0.6) is 0 Å². The summed E-state index contributed by atoms with van der Waals surface area (Å²) in [6, 6.07) is -0.538. The molecule has 0 heterocycles. The number of imide groups is 1. The van der Waals surface area contributed by atoms with Crippen molar-refractivity contribution < 1.29 is 24.2 Å². The number of nitrogens with zero attached hydrogens (tertiary/aromatic N) is 1. The summed E-state index contributed by atoms with van der Waals surface area (Å²) in [6.07, 6.45) is 0.251. The van der Waals surface area contributed by atoms with Gasteiger partial charge in [0.1, 0.15) is 0 Å². The molecule has 2 N–H and O–H groups in total. The van der Waals surface area contributed by atoms with Crippen LogP contribution in [0.2, 0.25) is 0 Å². The molecule has 110 valence electrons. The zero-order chi connectivity index (χ0) is 14.8. The fourth-order valence-corrected chi connectivity index (χ4v) is 1.41. The fraction of sp³-hybridized carbons (Fsp3) is 0.750. The van der Waals surface area contributed by atoms with Crippen molar-refractivity contribution in [1.29, 1.82) is 0 Å². The number of ether oxygens (including phenoxy) is 1. The lowest BCUT2D eigenvalue weighted by Gasteiger charge is -2.28. The van der Waals surface area contributed by atoms with E-state index in [2.05, 4.69) is 5.32 Å². The van der Waals surface area contributed by atoms with Gasteiger partial charge in [0.25, 0.3) is 0 Å². The number of hydrogen-bond donors (Lipinski definition) is 2. The van der Waals surface area contributed by atoms with Crippen molar-refractivity contribution in [2.75, 3.05) is 20.3 Å². The molecule has 0 saturated carbocycles. The van der Waals surface area contributed by atoms with E-state index >= 15 is 0 Å². The number of nitrogens with one attached hydrogen (secondary N) is 1. The number of urea groups is 1. The molecule has 7 nitrogen and oxygen atoms in total. The van der Waals surface area contributed by atoms with Crippen molar-refractivity contribution in [3.05, 3.63) is 0 Å². The maximum Gasteiger partial charge on any atom is 0.324 e. The van der Waals surface area contributed by atoms with Gasteiger partial charge >= 0.3 is 12.0 Å². The first-order chi connectivity index (χ1) is 8.92. The highest BCUT2D eigenvalue weighted by atomic mass is 16.5. The Morgan fingerprint density at radius 2 is 1.95 bits per heavy atom. The minimum atomic E-state index is -1.07. The summed E-state index contributed by atoms with van der Waals surface area (Å²) >= 11 is 0. The molecule has 7 heteroatoms. The van der Waals surface area contributed by atoms with E-state index in [4.69, 9.17) is 9.84 Å². The van der Waals surface area contributed by atoms with Crippen LogP contribution in [0.25, 0.3) is 0 Å². The minimum Gasteiger partial charge on any atom is -0.481 e. The molecule has 0 aliphatic rings. The molecule has 1 atom stereocenters. The molecule has 0 bridgehead atoms. The molecular formula is C12H22N2O5. The van der Waals surface area contributed by atoms with Crippen molar-refractivity contribution in [3.8, 4) is 0 Å². The molecule has 0 aliphatic carbocycles. The maximum absolute atomic E-state index is 11.9. The Labute approximate surface area is 112 Å². The van der Waals surface area contributed by atoms with Gasteiger partial charge in [-0.25, -0.2) is 4.79 Å². The number of carbonyl (C=O) groups excluding carboxylic acids is 2. The van der Waals surface area contributed by atoms with Crippen LogP contribution in [0, 0.1) is 0 Å². The van der Waals surface area contributed by atoms with E-state index in [1.165, 1.54) is 12.0 Å². The van der Waals surface area contributed by atoms with Crippen LogP contribution in [0.1, 0.15) is 33.1 Å². The Balaban J connectivity index is 4.37. The maximum atomic E-state index is 11.9. The van der Waals surface area contributed by atoms with Crippen LogP contribution in [0.15, 0.2) is 0 Å². The molecule has 19 heavy (non-hydrogen) atoms. The average molecular weight is 274 g/mol. The summed E-state index contributed by atoms with van der Waals surface area (Å²) in [5, 5.41) is 10.6. The number of carbonyl (C=O) groups is 3. The fourth-order valence-electron chi connectivity index (χ4n) is 1.41. The number of hydrogen-bond acceptors (Lipinski definition) is 4. The molecule has 0 rings (SSSR count). The van der Waals surface area contributed by atoms with E-state index in [1.807, 2.05) is 13.8 Å². The molecule has 0 aliphatic heterocycles. The van der Waals surface area contributed by atoms with E-state index in [1.54, 1.807) is 0 Å². The average Bonchev–Trinajstić information content (AvgIpc) is 2.36. The summed E-state index contributed by atoms with van der Waals surface area (Å²) in [4.78, 5) is 35.1. The summed E-state index contributed by atoms with van der Waals surface area (Å²) in [7, 11) is 1.53. The van der Waals surface area contributed by atoms with E-state index in [9.17, 15) is 14.4 Å². The van der Waals surface area contributed by atoms with Crippen LogP contribution < -0.4 is 5.32 Å². The summed E-state index contributed by atoms with van der Waals surface area (Å²) in [5.74, 6) is -1.65. The SMILES string of the molecule is CCC(C)N(CCOC)C(=O)NC(=O)CCC(=O)O. The molecule has 0 aromatic carbocycles. The number of carboxylic acid groups (broad SMARTS) is 1. The first-order valence-electron chi connectivity index (χ1n) is 6.23. The standard InChI is InChI=1S/C12H22N2O5/c1-4-9(2)14(7-8-19-3)12(18)13-10(15)5-6-11(16)17/h9H,4-8H2,1-3H3,(H,16,17)(H,13,15,18). The highest BCUT2D eigenvalue weighted by Gasteiger charge is 2.20. The summed E-state index contributed by atoms with van der Waals surface area (Å²) in [6.45, 7) is 4.56. The van der Waals surface area contributed by atoms with Crippen LogP contribution >= 0.6 is 0 Å². The monoisotopic (exact) mass is 274 g/mol. The number of methoxy groups -OCH3 is 1. The van der Waals surface area contributed by atoms with Gasteiger partial charge in [-0.2, -0.15) is 0 Å². The highest BCUT2D eigenvalue weighted by molar-refractivity contribution is 5.95. The summed E-state index contributed by atoms with van der Waals surface area (Å²) in [5.41, 5.74) is 0. The second kappa shape index (κ2) is 9.32. The smallest absolute Gasteiger partial charge is 0.324 e. The Morgan fingerprint density at radius 3 is 2.42 bits per heavy atom. The second-order valence-electron chi connectivity index (χ2n) is 4.19. The molecule has 0 radical (unpaired) electrons. The van der Waals surface area contributed by atoms with Gasteiger partial charge in [0.05, 0.1) is 13.0 Å². The second-order valence-corrected chi connectivity index (χ2v) is 4.19. The van der Waals surface area contributed by atoms with Crippen LogP contribution in [0.4, 0.5) is 4.79 Å². The van der Waals surface area contributed by atoms with Gasteiger partial charge in [-0.3, -0.25) is 14.9 Å². The minimum absolute atomic E-state index is 0.0255. The lowest BCUT2D eigenvalue weighted by Crippen LogP contribution is -2.48. The van der Waals surface area contributed by atoms with Crippen molar-refractivity contribution in [1.82, 2.24) is 10.2 Å². The Hall–Kier alpha value is -1.63. The predicted molar refractivity (Wildman–Crippen MR) is 68.7 cm³/mol. The van der Waals surface area contributed by atoms with Gasteiger partial charge in [-0.1, -0.05) is 6.92 Å². The molecule has 0 saturated heterocycles. The van der Waals surface area contributed by atoms with Crippen molar-refractivity contribution >= 4 is 17.9 Å². The molecule has 1 unspecified atom stereocenters. The number of aliphatic carboxylic acids is 1. The van der Waals surface area contributed by atoms with E-state index in [0.29, 0.717) is 13.2 Å². The molecule has 0 spiro atoms. The lowest BCUT2D eigenvalue weighted by atomic mass is 10.2. The van der Waals surface area contributed by atoms with E-state index in [0.717, 1.165) is 6.42 Å². The first kappa shape index (κ1) is 17.4. The molecule has 0 fully saturated rings. The zero-order valence-corrected chi connectivity index (χ0v) is 11.6. The Bertz CT molecular complexity index is 319. The van der Waals surface area contributed by atoms with Gasteiger partial charge in [0.15, 0.2) is 0 Å². The molecule has 0 aromatic heterocycles. The van der Waals surface area contributed by atoms with Gasteiger partial charge in [-0.15, -0.1) is 0 Å². The quantitative estimate of drug-likeness (QED) is 0.683. The number of rotatable bonds is 8. The molecular weight excluding hydrogens is 252 g/mol. The van der Waals surface area contributed by atoms with Crippen molar-refractivity contribution in [2.24, 2.45) is 0 Å². The number of amides is 3. The highest BCUT2D eigenvalue weighted by Crippen LogP contribution is 2.04. The predicted octanol–water partition coefficient (Wildman–Crippen LogP) is 0.834. The van der Waals surface area contributed by atoms with Crippen LogP contribution in [-0.2, 0) is 14.3 Å². The van der Waals surface area contributed by atoms with Crippen LogP contribution in [-0.4, -0.2) is 54.2 Å². The Morgan fingerprint density at radius 1 is 1.32 bits per heavy atom. The van der Waals surface area contributed by atoms with Gasteiger partial charge < -0.3 is 14.7 Å². The molecule has 3 amide bonds. The van der Waals surface area contributed by atoms with Gasteiger partial charge in [0, 0.05) is 26.1 Å². The molecule has 0 aromatic rings. The first-order valence-corrected chi connectivity index (χ1v) is 6.23. The van der Waals surface area contributed by atoms with Crippen molar-refractivity contribution in [3.63, 3.8) is 0 Å². The van der Waals surface area contributed by atoms with Crippen LogP contribution in [0.3, 0.4) is 0 Å². The van der Waals surface area contributed by atoms with E-state index in [-0.39, 0.29) is 18.9 Å². The Kier molecular flexibility index (Phi) is 8.52. The van der Waals surface area contributed by atoms with Gasteiger partial charge in [-0.05, 0) is 13.3 Å². The normalized spacial score (nSPS) is 11.7. The zero-order valence-electron chi connectivity index (χ0n) is 11.6. The third kappa shape index (κ3) is 7.40. The third-order valence-electron chi connectivity index (χ3n) is 2.73. The van der Waals surface area contributed by atoms with Crippen molar-refractivity contribution in [2.45, 2.75) is 39.2 Å². The van der Waals surface area contributed by atoms with Gasteiger partial charge in [0.2, 0.25) is 5.91 Å². The largest absolute Gasteiger partial charge is 0.481 e.